The first-order valence-electron chi connectivity index (χ1n) is 6.36. The molecule has 2 atom stereocenters. The number of hydrogen-bond acceptors (Lipinski definition) is 6. The molecular weight excluding hydrogens is 262 g/mol. The van der Waals surface area contributed by atoms with Crippen LogP contribution >= 0.6 is 0 Å². The van der Waals surface area contributed by atoms with Crippen LogP contribution in [0.3, 0.4) is 0 Å². The van der Waals surface area contributed by atoms with Crippen molar-refractivity contribution in [2.24, 2.45) is 4.99 Å². The Morgan fingerprint density at radius 3 is 2.90 bits per heavy atom. The number of carbonyl (C=O) groups excluding carboxylic acids is 1. The van der Waals surface area contributed by atoms with E-state index < -0.39 is 18.1 Å². The van der Waals surface area contributed by atoms with Crippen molar-refractivity contribution in [2.45, 2.75) is 26.0 Å². The fourth-order valence-electron chi connectivity index (χ4n) is 2.00. The topological polar surface area (TPSA) is 77.4 Å². The zero-order chi connectivity index (χ0) is 14.7. The van der Waals surface area contributed by atoms with Crippen molar-refractivity contribution >= 4 is 11.9 Å². The first-order chi connectivity index (χ1) is 9.58. The van der Waals surface area contributed by atoms with Gasteiger partial charge in [-0.1, -0.05) is 6.07 Å². The lowest BCUT2D eigenvalue weighted by atomic mass is 10.1. The minimum Gasteiger partial charge on any atom is -0.507 e. The zero-order valence-electron chi connectivity index (χ0n) is 11.6. The highest BCUT2D eigenvalue weighted by Gasteiger charge is 2.36. The van der Waals surface area contributed by atoms with Crippen molar-refractivity contribution in [1.82, 2.24) is 0 Å². The number of esters is 1. The van der Waals surface area contributed by atoms with E-state index in [-0.39, 0.29) is 18.3 Å². The van der Waals surface area contributed by atoms with E-state index in [1.807, 2.05) is 0 Å². The zero-order valence-corrected chi connectivity index (χ0v) is 11.6. The van der Waals surface area contributed by atoms with E-state index in [1.54, 1.807) is 26.0 Å². The molecule has 1 aliphatic heterocycles. The summed E-state index contributed by atoms with van der Waals surface area (Å²) in [6.45, 7) is 3.74. The minimum atomic E-state index is -0.728. The summed E-state index contributed by atoms with van der Waals surface area (Å²) in [5, 5.41) is 9.94. The predicted octanol–water partition coefficient (Wildman–Crippen LogP) is 1.50. The van der Waals surface area contributed by atoms with E-state index in [2.05, 4.69) is 4.99 Å². The number of nitrogens with zero attached hydrogens (tertiary/aromatic N) is 1. The first kappa shape index (κ1) is 14.2. The monoisotopic (exact) mass is 279 g/mol. The number of methoxy groups -OCH3 is 1. The van der Waals surface area contributed by atoms with Crippen LogP contribution in [0.15, 0.2) is 23.2 Å². The Bertz CT molecular complexity index is 540. The second-order valence-electron chi connectivity index (χ2n) is 4.31. The van der Waals surface area contributed by atoms with Crippen LogP contribution in [0.1, 0.15) is 19.4 Å². The molecule has 1 N–H and O–H groups in total. The van der Waals surface area contributed by atoms with Crippen molar-refractivity contribution < 1.29 is 24.1 Å². The Balaban J connectivity index is 2.35. The molecule has 0 saturated heterocycles. The van der Waals surface area contributed by atoms with Gasteiger partial charge in [0.2, 0.25) is 5.90 Å². The van der Waals surface area contributed by atoms with Gasteiger partial charge in [0.1, 0.15) is 23.2 Å². The van der Waals surface area contributed by atoms with E-state index in [0.717, 1.165) is 0 Å². The number of carbonyl (C=O) groups is 1. The van der Waals surface area contributed by atoms with Gasteiger partial charge in [-0.15, -0.1) is 0 Å². The highest BCUT2D eigenvalue weighted by atomic mass is 16.5. The maximum Gasteiger partial charge on any atom is 0.334 e. The summed E-state index contributed by atoms with van der Waals surface area (Å²) in [7, 11) is 1.49. The third-order valence-electron chi connectivity index (χ3n) is 2.96. The first-order valence-corrected chi connectivity index (χ1v) is 6.36. The summed E-state index contributed by atoms with van der Waals surface area (Å²) in [5.41, 5.74) is 0.341. The normalized spacial score (nSPS) is 21.1. The summed E-state index contributed by atoms with van der Waals surface area (Å²) >= 11 is 0. The van der Waals surface area contributed by atoms with Crippen LogP contribution in [-0.4, -0.2) is 42.8 Å². The summed E-state index contributed by atoms with van der Waals surface area (Å²) in [4.78, 5) is 16.0. The molecule has 6 heteroatoms. The van der Waals surface area contributed by atoms with Gasteiger partial charge in [-0.25, -0.2) is 9.79 Å². The van der Waals surface area contributed by atoms with Crippen LogP contribution < -0.4 is 4.74 Å². The molecule has 0 aromatic heterocycles. The molecule has 2 rings (SSSR count). The number of ether oxygens (including phenoxy) is 3. The summed E-state index contributed by atoms with van der Waals surface area (Å²) in [5.74, 6) is 0.162. The van der Waals surface area contributed by atoms with Crippen molar-refractivity contribution in [3.8, 4) is 11.5 Å². The molecule has 20 heavy (non-hydrogen) atoms. The fourth-order valence-corrected chi connectivity index (χ4v) is 2.00. The Hall–Kier alpha value is -2.24. The quantitative estimate of drug-likeness (QED) is 0.845. The molecule has 0 radical (unpaired) electrons. The van der Waals surface area contributed by atoms with Crippen LogP contribution in [-0.2, 0) is 14.3 Å². The van der Waals surface area contributed by atoms with Crippen molar-refractivity contribution in [3.05, 3.63) is 23.8 Å². The van der Waals surface area contributed by atoms with Gasteiger partial charge in [-0.05, 0) is 26.0 Å². The van der Waals surface area contributed by atoms with Gasteiger partial charge in [0, 0.05) is 0 Å². The number of aliphatic imine (C=N–C) groups is 1. The van der Waals surface area contributed by atoms with E-state index in [4.69, 9.17) is 14.2 Å². The standard InChI is InChI=1S/C14H17NO5/c1-4-19-14(17)12-8(2)20-13(15-12)11-9(16)6-5-7-10(11)18-3/h5-8,12,16H,4H2,1-3H3/t8-,12-/m1/s1. The summed E-state index contributed by atoms with van der Waals surface area (Å²) < 4.78 is 15.7. The number of aromatic hydroxyl groups is 1. The lowest BCUT2D eigenvalue weighted by Gasteiger charge is -2.12. The Kier molecular flexibility index (Phi) is 4.12. The van der Waals surface area contributed by atoms with E-state index >= 15 is 0 Å². The molecule has 0 aliphatic carbocycles. The molecule has 0 unspecified atom stereocenters. The molecule has 0 bridgehead atoms. The number of benzene rings is 1. The lowest BCUT2D eigenvalue weighted by Crippen LogP contribution is -2.29. The minimum absolute atomic E-state index is 0.0141. The third kappa shape index (κ3) is 2.54. The Morgan fingerprint density at radius 1 is 1.50 bits per heavy atom. The van der Waals surface area contributed by atoms with Crippen molar-refractivity contribution in [2.75, 3.05) is 13.7 Å². The second-order valence-corrected chi connectivity index (χ2v) is 4.31. The molecular formula is C14H17NO5. The van der Waals surface area contributed by atoms with Gasteiger partial charge in [-0.3, -0.25) is 0 Å². The molecule has 6 nitrogen and oxygen atoms in total. The number of hydrogen-bond donors (Lipinski definition) is 1. The van der Waals surface area contributed by atoms with Gasteiger partial charge >= 0.3 is 5.97 Å². The maximum absolute atomic E-state index is 11.8. The lowest BCUT2D eigenvalue weighted by molar-refractivity contribution is -0.145. The van der Waals surface area contributed by atoms with Gasteiger partial charge in [0.25, 0.3) is 0 Å². The smallest absolute Gasteiger partial charge is 0.334 e. The Labute approximate surface area is 117 Å². The van der Waals surface area contributed by atoms with Gasteiger partial charge in [-0.2, -0.15) is 0 Å². The molecule has 0 fully saturated rings. The number of phenols is 1. The average molecular weight is 279 g/mol. The van der Waals surface area contributed by atoms with Crippen LogP contribution in [0.5, 0.6) is 11.5 Å². The van der Waals surface area contributed by atoms with Gasteiger partial charge in [0.15, 0.2) is 6.04 Å². The third-order valence-corrected chi connectivity index (χ3v) is 2.96. The van der Waals surface area contributed by atoms with E-state index in [9.17, 15) is 9.90 Å². The fraction of sp³-hybridized carbons (Fsp3) is 0.429. The molecule has 0 spiro atoms. The highest BCUT2D eigenvalue weighted by Crippen LogP contribution is 2.31. The largest absolute Gasteiger partial charge is 0.507 e. The van der Waals surface area contributed by atoms with Crippen LogP contribution in [0.4, 0.5) is 0 Å². The van der Waals surface area contributed by atoms with Crippen LogP contribution in [0.25, 0.3) is 0 Å². The summed E-state index contributed by atoms with van der Waals surface area (Å²) in [6.07, 6.45) is -0.451. The number of phenolic OH excluding ortho intramolecular Hbond substituents is 1. The second kappa shape index (κ2) is 5.81. The maximum atomic E-state index is 11.8. The molecule has 1 heterocycles. The predicted molar refractivity (Wildman–Crippen MR) is 72.2 cm³/mol. The molecule has 108 valence electrons. The van der Waals surface area contributed by atoms with E-state index in [0.29, 0.717) is 11.3 Å². The van der Waals surface area contributed by atoms with Crippen molar-refractivity contribution in [3.63, 3.8) is 0 Å². The average Bonchev–Trinajstić information content (AvgIpc) is 2.80. The molecule has 1 aromatic rings. The molecule has 1 aromatic carbocycles. The Morgan fingerprint density at radius 2 is 2.25 bits per heavy atom. The molecule has 0 amide bonds. The van der Waals surface area contributed by atoms with Gasteiger partial charge < -0.3 is 19.3 Å². The van der Waals surface area contributed by atoms with Gasteiger partial charge in [0.05, 0.1) is 13.7 Å². The summed E-state index contributed by atoms with van der Waals surface area (Å²) in [6, 6.07) is 4.11. The van der Waals surface area contributed by atoms with Crippen LogP contribution in [0.2, 0.25) is 0 Å². The number of rotatable bonds is 4. The SMILES string of the molecule is CCOC(=O)[C@@H]1N=C(c2c(O)cccc2OC)O[C@@H]1C. The van der Waals surface area contributed by atoms with Crippen molar-refractivity contribution in [1.29, 1.82) is 0 Å². The van der Waals surface area contributed by atoms with E-state index in [1.165, 1.54) is 13.2 Å². The van der Waals surface area contributed by atoms with Crippen LogP contribution in [0, 0.1) is 0 Å². The highest BCUT2D eigenvalue weighted by molar-refractivity contribution is 6.02. The molecule has 1 aliphatic rings. The molecule has 0 saturated carbocycles.